The number of hydrogen-bond donors (Lipinski definition) is 1. The zero-order chi connectivity index (χ0) is 13.4. The Hall–Kier alpha value is -0.130. The molecular weight excluding hydrogens is 248 g/mol. The van der Waals surface area contributed by atoms with Gasteiger partial charge in [-0.2, -0.15) is 0 Å². The van der Waals surface area contributed by atoms with E-state index < -0.39 is 10.0 Å². The lowest BCUT2D eigenvalue weighted by Crippen LogP contribution is -2.36. The Morgan fingerprint density at radius 3 is 2.44 bits per heavy atom. The maximum atomic E-state index is 12.1. The molecule has 0 saturated heterocycles. The number of nitrogens with zero attached hydrogens (tertiary/aromatic N) is 1. The predicted octanol–water partition coefficient (Wildman–Crippen LogP) is 1.97. The molecule has 0 unspecified atom stereocenters. The predicted molar refractivity (Wildman–Crippen MR) is 76.2 cm³/mol. The van der Waals surface area contributed by atoms with Gasteiger partial charge in [0.1, 0.15) is 0 Å². The van der Waals surface area contributed by atoms with E-state index in [4.69, 9.17) is 0 Å². The van der Waals surface area contributed by atoms with E-state index in [-0.39, 0.29) is 6.04 Å². The minimum atomic E-state index is -3.03. The molecule has 1 fully saturated rings. The highest BCUT2D eigenvalue weighted by molar-refractivity contribution is 7.89. The molecule has 0 aromatic heterocycles. The van der Waals surface area contributed by atoms with Gasteiger partial charge < -0.3 is 5.32 Å². The van der Waals surface area contributed by atoms with Crippen LogP contribution < -0.4 is 5.32 Å². The Morgan fingerprint density at radius 2 is 1.83 bits per heavy atom. The van der Waals surface area contributed by atoms with Gasteiger partial charge in [-0.25, -0.2) is 12.7 Å². The SMILES string of the molecule is CCCNCCCCS(=O)(=O)N(C)C1CCCC1. The van der Waals surface area contributed by atoms with E-state index in [0.717, 1.165) is 45.2 Å². The van der Waals surface area contributed by atoms with Crippen molar-refractivity contribution >= 4 is 10.0 Å². The van der Waals surface area contributed by atoms with Crippen LogP contribution in [0.25, 0.3) is 0 Å². The summed E-state index contributed by atoms with van der Waals surface area (Å²) in [5, 5.41) is 3.30. The second-order valence-corrected chi connectivity index (χ2v) is 7.38. The van der Waals surface area contributed by atoms with Crippen LogP contribution in [0.5, 0.6) is 0 Å². The zero-order valence-corrected chi connectivity index (χ0v) is 12.6. The van der Waals surface area contributed by atoms with Crippen LogP contribution in [0, 0.1) is 0 Å². The van der Waals surface area contributed by atoms with E-state index in [0.29, 0.717) is 5.75 Å². The molecule has 0 radical (unpaired) electrons. The second kappa shape index (κ2) is 8.12. The van der Waals surface area contributed by atoms with Crippen LogP contribution in [-0.2, 0) is 10.0 Å². The van der Waals surface area contributed by atoms with Gasteiger partial charge in [-0.05, 0) is 45.2 Å². The standard InChI is InChI=1S/C13H28N2O2S/c1-3-10-14-11-6-7-12-18(16,17)15(2)13-8-4-5-9-13/h13-14H,3-12H2,1-2H3. The van der Waals surface area contributed by atoms with Gasteiger partial charge in [0.25, 0.3) is 0 Å². The van der Waals surface area contributed by atoms with E-state index in [1.54, 1.807) is 11.4 Å². The highest BCUT2D eigenvalue weighted by Crippen LogP contribution is 2.24. The first kappa shape index (κ1) is 15.9. The van der Waals surface area contributed by atoms with Crippen molar-refractivity contribution in [2.45, 2.75) is 57.9 Å². The van der Waals surface area contributed by atoms with Gasteiger partial charge in [0.05, 0.1) is 5.75 Å². The molecule has 1 aliphatic rings. The fourth-order valence-corrected chi connectivity index (χ4v) is 4.00. The zero-order valence-electron chi connectivity index (χ0n) is 11.8. The molecule has 4 nitrogen and oxygen atoms in total. The van der Waals surface area contributed by atoms with Crippen molar-refractivity contribution in [2.24, 2.45) is 0 Å². The summed E-state index contributed by atoms with van der Waals surface area (Å²) in [6.45, 7) is 4.08. The average Bonchev–Trinajstić information content (AvgIpc) is 2.86. The molecule has 1 N–H and O–H groups in total. The van der Waals surface area contributed by atoms with Gasteiger partial charge >= 0.3 is 0 Å². The molecule has 0 atom stereocenters. The summed E-state index contributed by atoms with van der Waals surface area (Å²) < 4.78 is 25.8. The first-order valence-corrected chi connectivity index (χ1v) is 8.85. The van der Waals surface area contributed by atoms with Gasteiger partial charge in [0.2, 0.25) is 10.0 Å². The molecule has 0 bridgehead atoms. The smallest absolute Gasteiger partial charge is 0.214 e. The van der Waals surface area contributed by atoms with Crippen LogP contribution in [0.2, 0.25) is 0 Å². The lowest BCUT2D eigenvalue weighted by Gasteiger charge is -2.23. The van der Waals surface area contributed by atoms with Crippen molar-refractivity contribution in [2.75, 3.05) is 25.9 Å². The Balaban J connectivity index is 2.22. The molecule has 0 aromatic rings. The molecule has 0 heterocycles. The molecule has 0 aliphatic heterocycles. The Labute approximate surface area is 112 Å². The van der Waals surface area contributed by atoms with E-state index in [9.17, 15) is 8.42 Å². The number of hydrogen-bond acceptors (Lipinski definition) is 3. The van der Waals surface area contributed by atoms with Gasteiger partial charge in [-0.15, -0.1) is 0 Å². The van der Waals surface area contributed by atoms with Gasteiger partial charge in [-0.3, -0.25) is 0 Å². The van der Waals surface area contributed by atoms with Crippen LogP contribution in [-0.4, -0.2) is 44.7 Å². The van der Waals surface area contributed by atoms with Gasteiger partial charge in [0.15, 0.2) is 0 Å². The topological polar surface area (TPSA) is 49.4 Å². The van der Waals surface area contributed by atoms with Crippen molar-refractivity contribution in [3.8, 4) is 0 Å². The summed E-state index contributed by atoms with van der Waals surface area (Å²) in [5.41, 5.74) is 0. The number of sulfonamides is 1. The van der Waals surface area contributed by atoms with Crippen molar-refractivity contribution in [3.63, 3.8) is 0 Å². The van der Waals surface area contributed by atoms with Crippen LogP contribution >= 0.6 is 0 Å². The van der Waals surface area contributed by atoms with Crippen LogP contribution in [0.3, 0.4) is 0 Å². The molecule has 0 spiro atoms. The first-order valence-electron chi connectivity index (χ1n) is 7.24. The molecule has 0 aromatic carbocycles. The van der Waals surface area contributed by atoms with E-state index in [1.807, 2.05) is 0 Å². The maximum absolute atomic E-state index is 12.1. The third-order valence-electron chi connectivity index (χ3n) is 3.71. The third-order valence-corrected chi connectivity index (χ3v) is 5.69. The van der Waals surface area contributed by atoms with Crippen molar-refractivity contribution in [3.05, 3.63) is 0 Å². The van der Waals surface area contributed by atoms with Gasteiger partial charge in [0, 0.05) is 13.1 Å². The lowest BCUT2D eigenvalue weighted by atomic mass is 10.3. The van der Waals surface area contributed by atoms with Crippen LogP contribution in [0.15, 0.2) is 0 Å². The Kier molecular flexibility index (Phi) is 7.19. The fraction of sp³-hybridized carbons (Fsp3) is 1.00. The van der Waals surface area contributed by atoms with Crippen LogP contribution in [0.1, 0.15) is 51.9 Å². The fourth-order valence-electron chi connectivity index (χ4n) is 2.48. The summed E-state index contributed by atoms with van der Waals surface area (Å²) in [7, 11) is -1.28. The minimum Gasteiger partial charge on any atom is -0.317 e. The summed E-state index contributed by atoms with van der Waals surface area (Å²) in [6, 6.07) is 0.258. The molecule has 1 rings (SSSR count). The number of unbranched alkanes of at least 4 members (excludes halogenated alkanes) is 1. The highest BCUT2D eigenvalue weighted by Gasteiger charge is 2.27. The summed E-state index contributed by atoms with van der Waals surface area (Å²) >= 11 is 0. The van der Waals surface area contributed by atoms with E-state index in [2.05, 4.69) is 12.2 Å². The second-order valence-electron chi connectivity index (χ2n) is 5.23. The normalized spacial score (nSPS) is 17.7. The Bertz CT molecular complexity index is 311. The summed E-state index contributed by atoms with van der Waals surface area (Å²) in [6.07, 6.45) is 7.25. The first-order chi connectivity index (χ1) is 8.58. The van der Waals surface area contributed by atoms with Crippen molar-refractivity contribution < 1.29 is 8.42 Å². The quantitative estimate of drug-likeness (QED) is 0.655. The van der Waals surface area contributed by atoms with Crippen LogP contribution in [0.4, 0.5) is 0 Å². The van der Waals surface area contributed by atoms with Crippen molar-refractivity contribution in [1.82, 2.24) is 9.62 Å². The van der Waals surface area contributed by atoms with Crippen molar-refractivity contribution in [1.29, 1.82) is 0 Å². The highest BCUT2D eigenvalue weighted by atomic mass is 32.2. The lowest BCUT2D eigenvalue weighted by molar-refractivity contribution is 0.372. The molecule has 0 amide bonds. The molecule has 108 valence electrons. The molecule has 1 saturated carbocycles. The third kappa shape index (κ3) is 5.24. The van der Waals surface area contributed by atoms with E-state index >= 15 is 0 Å². The summed E-state index contributed by atoms with van der Waals surface area (Å²) in [4.78, 5) is 0. The molecule has 18 heavy (non-hydrogen) atoms. The number of nitrogens with one attached hydrogen (secondary N) is 1. The molecule has 1 aliphatic carbocycles. The minimum absolute atomic E-state index is 0.258. The molecule has 5 heteroatoms. The summed E-state index contributed by atoms with van der Waals surface area (Å²) in [5.74, 6) is 0.299. The monoisotopic (exact) mass is 276 g/mol. The Morgan fingerprint density at radius 1 is 1.17 bits per heavy atom. The van der Waals surface area contributed by atoms with Gasteiger partial charge in [-0.1, -0.05) is 19.8 Å². The average molecular weight is 276 g/mol. The molecular formula is C13H28N2O2S. The number of rotatable bonds is 9. The largest absolute Gasteiger partial charge is 0.317 e. The maximum Gasteiger partial charge on any atom is 0.214 e. The van der Waals surface area contributed by atoms with E-state index in [1.165, 1.54) is 12.8 Å².